The van der Waals surface area contributed by atoms with Crippen LogP contribution < -0.4 is 0 Å². The van der Waals surface area contributed by atoms with Crippen molar-refractivity contribution in [2.45, 2.75) is 0 Å². The predicted octanol–water partition coefficient (Wildman–Crippen LogP) is 3.52. The van der Waals surface area contributed by atoms with Gasteiger partial charge in [0.2, 0.25) is 7.28 Å². The molecule has 0 saturated heterocycles. The summed E-state index contributed by atoms with van der Waals surface area (Å²) < 4.78 is 0. The highest BCUT2D eigenvalue weighted by atomic mass is 14.7. The summed E-state index contributed by atoms with van der Waals surface area (Å²) in [4.78, 5) is 4.27. The van der Waals surface area contributed by atoms with Gasteiger partial charge in [-0.3, -0.25) is 4.99 Å². The Balaban J connectivity index is 4.82. The van der Waals surface area contributed by atoms with E-state index in [-0.39, 0.29) is 0 Å². The Morgan fingerprint density at radius 3 is 2.18 bits per heavy atom. The lowest BCUT2D eigenvalue weighted by Gasteiger charge is -1.99. The van der Waals surface area contributed by atoms with Crippen LogP contribution in [0.4, 0.5) is 0 Å². The largest absolute Gasteiger partial charge is 0.271 e. The van der Waals surface area contributed by atoms with Gasteiger partial charge in [0, 0.05) is 11.8 Å². The number of nitrogens with zero attached hydrogens (tertiary/aromatic N) is 1. The smallest absolute Gasteiger partial charge is 0.216 e. The van der Waals surface area contributed by atoms with E-state index >= 15 is 0 Å². The van der Waals surface area contributed by atoms with E-state index in [9.17, 15) is 0 Å². The molecule has 0 aromatic carbocycles. The maximum atomic E-state index is 4.27. The first-order valence-corrected chi connectivity index (χ1v) is 5.35. The number of rotatable bonds is 8. The first-order chi connectivity index (χ1) is 8.28. The van der Waals surface area contributed by atoms with Gasteiger partial charge < -0.3 is 0 Å². The minimum absolute atomic E-state index is 0.710. The summed E-state index contributed by atoms with van der Waals surface area (Å²) in [6, 6.07) is 0. The van der Waals surface area contributed by atoms with Gasteiger partial charge in [-0.15, -0.1) is 0 Å². The Morgan fingerprint density at radius 1 is 0.941 bits per heavy atom. The van der Waals surface area contributed by atoms with Crippen LogP contribution in [0, 0.1) is 0 Å². The zero-order chi connectivity index (χ0) is 12.9. The summed E-state index contributed by atoms with van der Waals surface area (Å²) in [6.45, 7) is 14.7. The Bertz CT molecular complexity index is 395. The SMILES string of the molecule is C=C/C=C\N=C(\BC(/C=C\C=C)=C/C=C)C=C. The minimum Gasteiger partial charge on any atom is -0.271 e. The van der Waals surface area contributed by atoms with Crippen LogP contribution in [0.1, 0.15) is 0 Å². The zero-order valence-electron chi connectivity index (χ0n) is 10.2. The van der Waals surface area contributed by atoms with Crippen molar-refractivity contribution in [2.24, 2.45) is 4.99 Å². The molecule has 0 rings (SSSR count). The van der Waals surface area contributed by atoms with Crippen molar-refractivity contribution < 1.29 is 0 Å². The average molecular weight is 223 g/mol. The van der Waals surface area contributed by atoms with E-state index in [0.29, 0.717) is 7.28 Å². The van der Waals surface area contributed by atoms with Crippen molar-refractivity contribution in [3.63, 3.8) is 0 Å². The third-order valence-electron chi connectivity index (χ3n) is 1.86. The van der Waals surface area contributed by atoms with Crippen LogP contribution in [0.3, 0.4) is 0 Å². The molecule has 0 N–H and O–H groups in total. The molecule has 0 spiro atoms. The topological polar surface area (TPSA) is 12.4 Å². The first kappa shape index (κ1) is 14.9. The van der Waals surface area contributed by atoms with Crippen LogP contribution in [-0.2, 0) is 0 Å². The maximum Gasteiger partial charge on any atom is 0.216 e. The standard InChI is InChI=1S/C15H18BN/c1-5-9-12-14(11-7-3)16-15(8-4)17-13-10-6-2/h5-13,16H,1-4H2/b12-9-,13-10-,14-11+,17-15+. The fraction of sp³-hybridized carbons (Fsp3) is 0. The second kappa shape index (κ2) is 10.4. The van der Waals surface area contributed by atoms with E-state index in [1.807, 2.05) is 18.2 Å². The van der Waals surface area contributed by atoms with Crippen LogP contribution in [-0.4, -0.2) is 12.9 Å². The van der Waals surface area contributed by atoms with E-state index in [2.05, 4.69) is 31.3 Å². The molecule has 0 heterocycles. The number of hydrogen-bond donors (Lipinski definition) is 0. The lowest BCUT2D eigenvalue weighted by molar-refractivity contribution is 1.58. The Hall–Kier alpha value is -2.09. The van der Waals surface area contributed by atoms with E-state index in [4.69, 9.17) is 0 Å². The van der Waals surface area contributed by atoms with E-state index < -0.39 is 0 Å². The van der Waals surface area contributed by atoms with Gasteiger partial charge in [-0.05, 0) is 6.08 Å². The number of allylic oxidation sites excluding steroid dienone is 9. The molecule has 86 valence electrons. The molecule has 0 amide bonds. The normalized spacial score (nSPS) is 12.7. The predicted molar refractivity (Wildman–Crippen MR) is 81.7 cm³/mol. The van der Waals surface area contributed by atoms with Gasteiger partial charge in [-0.1, -0.05) is 74.3 Å². The molecule has 0 aliphatic heterocycles. The number of aliphatic imine (C=N–C) groups is 1. The summed E-state index contributed by atoms with van der Waals surface area (Å²) in [5, 5.41) is 0. The minimum atomic E-state index is 0.710. The molecule has 0 aliphatic carbocycles. The molecule has 0 fully saturated rings. The van der Waals surface area contributed by atoms with Crippen molar-refractivity contribution in [2.75, 3.05) is 0 Å². The fourth-order valence-corrected chi connectivity index (χ4v) is 1.10. The average Bonchev–Trinajstić information content (AvgIpc) is 2.35. The van der Waals surface area contributed by atoms with Gasteiger partial charge in [0.25, 0.3) is 0 Å². The van der Waals surface area contributed by atoms with Crippen molar-refractivity contribution >= 4 is 12.9 Å². The Labute approximate surface area is 105 Å². The van der Waals surface area contributed by atoms with Crippen molar-refractivity contribution in [1.29, 1.82) is 0 Å². The van der Waals surface area contributed by atoms with Gasteiger partial charge in [-0.25, -0.2) is 0 Å². The molecule has 0 aromatic heterocycles. The molecule has 17 heavy (non-hydrogen) atoms. The quantitative estimate of drug-likeness (QED) is 0.339. The molecule has 0 unspecified atom stereocenters. The molecular formula is C15H18BN. The van der Waals surface area contributed by atoms with Crippen molar-refractivity contribution in [3.8, 4) is 0 Å². The van der Waals surface area contributed by atoms with Crippen LogP contribution in [0.15, 0.2) is 91.6 Å². The van der Waals surface area contributed by atoms with Gasteiger partial charge in [-0.2, -0.15) is 0 Å². The third-order valence-corrected chi connectivity index (χ3v) is 1.86. The molecule has 0 aromatic rings. The summed E-state index contributed by atoms with van der Waals surface area (Å²) in [5.74, 6) is 0. The van der Waals surface area contributed by atoms with E-state index in [1.54, 1.807) is 36.6 Å². The molecule has 0 aliphatic rings. The van der Waals surface area contributed by atoms with E-state index in [0.717, 1.165) is 11.1 Å². The molecule has 0 atom stereocenters. The van der Waals surface area contributed by atoms with Gasteiger partial charge in [0.05, 0.1) is 0 Å². The molecular weight excluding hydrogens is 205 g/mol. The molecule has 2 heteroatoms. The third kappa shape index (κ3) is 7.80. The fourth-order valence-electron chi connectivity index (χ4n) is 1.10. The molecule has 0 bridgehead atoms. The van der Waals surface area contributed by atoms with Crippen LogP contribution in [0.2, 0.25) is 0 Å². The summed E-state index contributed by atoms with van der Waals surface area (Å²) in [6.07, 6.45) is 16.2. The monoisotopic (exact) mass is 223 g/mol. The Kier molecular flexibility index (Phi) is 9.15. The Morgan fingerprint density at radius 2 is 1.65 bits per heavy atom. The zero-order valence-corrected chi connectivity index (χ0v) is 10.2. The molecule has 0 radical (unpaired) electrons. The summed E-state index contributed by atoms with van der Waals surface area (Å²) in [7, 11) is 0.710. The van der Waals surface area contributed by atoms with Crippen LogP contribution >= 0.6 is 0 Å². The lowest BCUT2D eigenvalue weighted by atomic mass is 9.64. The van der Waals surface area contributed by atoms with E-state index in [1.165, 1.54) is 0 Å². The van der Waals surface area contributed by atoms with Crippen molar-refractivity contribution in [3.05, 3.63) is 86.6 Å². The summed E-state index contributed by atoms with van der Waals surface area (Å²) >= 11 is 0. The highest BCUT2D eigenvalue weighted by molar-refractivity contribution is 6.83. The van der Waals surface area contributed by atoms with Gasteiger partial charge in [0.1, 0.15) is 0 Å². The van der Waals surface area contributed by atoms with Crippen LogP contribution in [0.25, 0.3) is 0 Å². The highest BCUT2D eigenvalue weighted by Crippen LogP contribution is 1.98. The number of hydrogen-bond acceptors (Lipinski definition) is 1. The highest BCUT2D eigenvalue weighted by Gasteiger charge is 1.99. The van der Waals surface area contributed by atoms with Crippen molar-refractivity contribution in [1.82, 2.24) is 0 Å². The second-order valence-electron chi connectivity index (χ2n) is 3.15. The van der Waals surface area contributed by atoms with Gasteiger partial charge in [0.15, 0.2) is 0 Å². The maximum absolute atomic E-state index is 4.27. The summed E-state index contributed by atoms with van der Waals surface area (Å²) in [5.41, 5.74) is 2.00. The molecule has 0 saturated carbocycles. The second-order valence-corrected chi connectivity index (χ2v) is 3.15. The molecule has 1 nitrogen and oxygen atoms in total. The van der Waals surface area contributed by atoms with Gasteiger partial charge >= 0.3 is 0 Å². The lowest BCUT2D eigenvalue weighted by Crippen LogP contribution is -2.07. The van der Waals surface area contributed by atoms with Crippen LogP contribution in [0.5, 0.6) is 0 Å². The first-order valence-electron chi connectivity index (χ1n) is 5.35.